The summed E-state index contributed by atoms with van der Waals surface area (Å²) in [5.41, 5.74) is 2.36. The fourth-order valence-corrected chi connectivity index (χ4v) is 2.45. The molecule has 0 amide bonds. The Morgan fingerprint density at radius 2 is 2.20 bits per heavy atom. The van der Waals surface area contributed by atoms with Gasteiger partial charge in [0.05, 0.1) is 11.6 Å². The average Bonchev–Trinajstić information content (AvgIpc) is 2.95. The van der Waals surface area contributed by atoms with Gasteiger partial charge in [-0.05, 0) is 13.0 Å². The molecule has 7 heteroatoms. The van der Waals surface area contributed by atoms with Crippen LogP contribution in [0.25, 0.3) is 11.2 Å². The molecular formula is C13H12Cl2N4O. The Morgan fingerprint density at radius 3 is 2.90 bits per heavy atom. The van der Waals surface area contributed by atoms with Crippen LogP contribution in [0.1, 0.15) is 17.3 Å². The number of rotatable bonds is 4. The van der Waals surface area contributed by atoms with Crippen molar-refractivity contribution in [2.75, 3.05) is 5.88 Å². The Balaban J connectivity index is 2.08. The second kappa shape index (κ2) is 5.42. The van der Waals surface area contributed by atoms with Crippen LogP contribution >= 0.6 is 23.2 Å². The number of hydrogen-bond acceptors (Lipinski definition) is 4. The first-order valence-electron chi connectivity index (χ1n) is 6.16. The van der Waals surface area contributed by atoms with E-state index >= 15 is 0 Å². The number of hydrogen-bond donors (Lipinski definition) is 0. The van der Waals surface area contributed by atoms with Crippen molar-refractivity contribution in [2.24, 2.45) is 0 Å². The molecule has 3 aromatic heterocycles. The fourth-order valence-electron chi connectivity index (χ4n) is 2.13. The first-order chi connectivity index (χ1) is 9.67. The van der Waals surface area contributed by atoms with E-state index in [1.165, 1.54) is 0 Å². The molecule has 0 unspecified atom stereocenters. The number of aromatic nitrogens is 4. The van der Waals surface area contributed by atoms with Crippen LogP contribution < -0.4 is 0 Å². The van der Waals surface area contributed by atoms with Gasteiger partial charge < -0.3 is 9.09 Å². The predicted molar refractivity (Wildman–Crippen MR) is 77.3 cm³/mol. The lowest BCUT2D eigenvalue weighted by molar-refractivity contribution is 0.389. The van der Waals surface area contributed by atoms with E-state index in [2.05, 4.69) is 15.1 Å². The molecule has 104 valence electrons. The molecule has 0 aromatic carbocycles. The van der Waals surface area contributed by atoms with E-state index in [-0.39, 0.29) is 0 Å². The van der Waals surface area contributed by atoms with Crippen LogP contribution in [0.3, 0.4) is 0 Å². The maximum atomic E-state index is 5.96. The maximum Gasteiger partial charge on any atom is 0.160 e. The molecule has 3 heterocycles. The van der Waals surface area contributed by atoms with Crippen LogP contribution in [0.2, 0.25) is 5.02 Å². The minimum absolute atomic E-state index is 0.495. The summed E-state index contributed by atoms with van der Waals surface area (Å²) in [5.74, 6) is 2.14. The van der Waals surface area contributed by atoms with Crippen molar-refractivity contribution in [3.8, 4) is 0 Å². The van der Waals surface area contributed by atoms with E-state index in [0.29, 0.717) is 23.9 Å². The molecule has 0 atom stereocenters. The summed E-state index contributed by atoms with van der Waals surface area (Å²) in [5, 5.41) is 4.57. The third kappa shape index (κ3) is 2.51. The van der Waals surface area contributed by atoms with Crippen LogP contribution in [0, 0.1) is 6.92 Å². The third-order valence-corrected chi connectivity index (χ3v) is 3.34. The molecule has 0 N–H and O–H groups in total. The standard InChI is InChI=1S/C13H12Cl2N4O/c1-8-4-10(18-20-8)7-19-12(2-3-14)17-11-5-9(15)6-16-13(11)19/h4-6H,2-3,7H2,1H3. The number of imidazole rings is 1. The van der Waals surface area contributed by atoms with Gasteiger partial charge in [0.15, 0.2) is 5.65 Å². The first kappa shape index (κ1) is 13.4. The SMILES string of the molecule is Cc1cc(Cn2c(CCCl)nc3cc(Cl)cnc32)no1. The number of pyridine rings is 1. The molecule has 0 aliphatic carbocycles. The van der Waals surface area contributed by atoms with E-state index in [1.54, 1.807) is 12.3 Å². The Bertz CT molecular complexity index is 750. The van der Waals surface area contributed by atoms with Crippen molar-refractivity contribution in [3.63, 3.8) is 0 Å². The van der Waals surface area contributed by atoms with Gasteiger partial charge in [-0.15, -0.1) is 11.6 Å². The highest BCUT2D eigenvalue weighted by molar-refractivity contribution is 6.31. The normalized spacial score (nSPS) is 11.3. The number of halogens is 2. The molecule has 0 saturated heterocycles. The number of alkyl halides is 1. The summed E-state index contributed by atoms with van der Waals surface area (Å²) in [6.07, 6.45) is 2.27. The van der Waals surface area contributed by atoms with Crippen molar-refractivity contribution < 1.29 is 4.52 Å². The lowest BCUT2D eigenvalue weighted by Crippen LogP contribution is -2.06. The number of aryl methyl sites for hydroxylation is 2. The second-order valence-electron chi connectivity index (χ2n) is 4.48. The molecule has 3 aromatic rings. The molecule has 20 heavy (non-hydrogen) atoms. The van der Waals surface area contributed by atoms with Gasteiger partial charge in [-0.25, -0.2) is 9.97 Å². The summed E-state index contributed by atoms with van der Waals surface area (Å²) in [6.45, 7) is 2.41. The zero-order valence-electron chi connectivity index (χ0n) is 10.8. The Labute approximate surface area is 125 Å². The highest BCUT2D eigenvalue weighted by Gasteiger charge is 2.14. The molecule has 0 fully saturated rings. The zero-order valence-corrected chi connectivity index (χ0v) is 12.3. The molecule has 0 saturated carbocycles. The van der Waals surface area contributed by atoms with Crippen molar-refractivity contribution >= 4 is 34.4 Å². The first-order valence-corrected chi connectivity index (χ1v) is 7.07. The summed E-state index contributed by atoms with van der Waals surface area (Å²) in [6, 6.07) is 3.69. The minimum atomic E-state index is 0.495. The molecule has 5 nitrogen and oxygen atoms in total. The largest absolute Gasteiger partial charge is 0.361 e. The fraction of sp³-hybridized carbons (Fsp3) is 0.308. The van der Waals surface area contributed by atoms with Crippen molar-refractivity contribution in [1.82, 2.24) is 19.7 Å². The van der Waals surface area contributed by atoms with Crippen LogP contribution in [0.4, 0.5) is 0 Å². The topological polar surface area (TPSA) is 56.7 Å². The van der Waals surface area contributed by atoms with E-state index in [1.807, 2.05) is 17.6 Å². The van der Waals surface area contributed by atoms with Gasteiger partial charge in [0.2, 0.25) is 0 Å². The van der Waals surface area contributed by atoms with Gasteiger partial charge in [-0.2, -0.15) is 0 Å². The molecule has 0 aliphatic heterocycles. The average molecular weight is 311 g/mol. The molecule has 3 rings (SSSR count). The van der Waals surface area contributed by atoms with Crippen LogP contribution in [0.5, 0.6) is 0 Å². The van der Waals surface area contributed by atoms with Gasteiger partial charge in [0, 0.05) is 24.6 Å². The van der Waals surface area contributed by atoms with Crippen molar-refractivity contribution in [1.29, 1.82) is 0 Å². The quantitative estimate of drug-likeness (QED) is 0.694. The Morgan fingerprint density at radius 1 is 1.35 bits per heavy atom. The molecule has 0 spiro atoms. The van der Waals surface area contributed by atoms with Crippen LogP contribution in [-0.4, -0.2) is 25.6 Å². The summed E-state index contributed by atoms with van der Waals surface area (Å²) in [7, 11) is 0. The summed E-state index contributed by atoms with van der Waals surface area (Å²) >= 11 is 11.8. The number of fused-ring (bicyclic) bond motifs is 1. The minimum Gasteiger partial charge on any atom is -0.361 e. The van der Waals surface area contributed by atoms with Gasteiger partial charge in [-0.1, -0.05) is 16.8 Å². The molecule has 0 radical (unpaired) electrons. The second-order valence-corrected chi connectivity index (χ2v) is 5.29. The monoisotopic (exact) mass is 310 g/mol. The van der Waals surface area contributed by atoms with Gasteiger partial charge in [-0.3, -0.25) is 0 Å². The number of nitrogens with zero attached hydrogens (tertiary/aromatic N) is 4. The Hall–Kier alpha value is -1.59. The highest BCUT2D eigenvalue weighted by Crippen LogP contribution is 2.20. The van der Waals surface area contributed by atoms with Crippen molar-refractivity contribution in [2.45, 2.75) is 19.9 Å². The third-order valence-electron chi connectivity index (χ3n) is 2.95. The molecule has 0 aliphatic rings. The smallest absolute Gasteiger partial charge is 0.160 e. The van der Waals surface area contributed by atoms with Gasteiger partial charge in [0.25, 0.3) is 0 Å². The summed E-state index contributed by atoms with van der Waals surface area (Å²) in [4.78, 5) is 8.89. The van der Waals surface area contributed by atoms with Gasteiger partial charge >= 0.3 is 0 Å². The zero-order chi connectivity index (χ0) is 14.1. The van der Waals surface area contributed by atoms with Crippen molar-refractivity contribution in [3.05, 3.63) is 40.6 Å². The van der Waals surface area contributed by atoms with Gasteiger partial charge in [0.1, 0.15) is 22.8 Å². The van der Waals surface area contributed by atoms with E-state index < -0.39 is 0 Å². The predicted octanol–water partition coefficient (Wildman–Crippen LogP) is 3.21. The highest BCUT2D eigenvalue weighted by atomic mass is 35.5. The molecular weight excluding hydrogens is 299 g/mol. The van der Waals surface area contributed by atoms with Crippen LogP contribution in [-0.2, 0) is 13.0 Å². The van der Waals surface area contributed by atoms with E-state index in [0.717, 1.165) is 28.4 Å². The maximum absolute atomic E-state index is 5.96. The molecule has 0 bridgehead atoms. The van der Waals surface area contributed by atoms with E-state index in [9.17, 15) is 0 Å². The Kier molecular flexibility index (Phi) is 3.63. The van der Waals surface area contributed by atoms with E-state index in [4.69, 9.17) is 27.7 Å². The lowest BCUT2D eigenvalue weighted by Gasteiger charge is -2.05. The lowest BCUT2D eigenvalue weighted by atomic mass is 10.3. The van der Waals surface area contributed by atoms with Crippen LogP contribution in [0.15, 0.2) is 22.9 Å². The summed E-state index contributed by atoms with van der Waals surface area (Å²) < 4.78 is 7.08.